The third kappa shape index (κ3) is 3.15. The number of para-hydroxylation sites is 1. The van der Waals surface area contributed by atoms with Crippen LogP contribution in [0.2, 0.25) is 5.02 Å². The molecule has 5 N–H and O–H groups in total. The van der Waals surface area contributed by atoms with Crippen LogP contribution in [0, 0.1) is 0 Å². The number of benzene rings is 1. The Morgan fingerprint density at radius 3 is 2.96 bits per heavy atom. The van der Waals surface area contributed by atoms with Crippen LogP contribution in [0.4, 0.5) is 5.95 Å². The number of anilines is 1. The maximum absolute atomic E-state index is 10.3. The maximum Gasteiger partial charge on any atom is 0.223 e. The number of hydrogen-bond donors (Lipinski definition) is 4. The van der Waals surface area contributed by atoms with Gasteiger partial charge in [-0.3, -0.25) is 0 Å². The van der Waals surface area contributed by atoms with Gasteiger partial charge in [0, 0.05) is 23.0 Å². The Hall–Kier alpha value is -2.31. The van der Waals surface area contributed by atoms with Crippen LogP contribution in [0.1, 0.15) is 25.7 Å². The summed E-state index contributed by atoms with van der Waals surface area (Å²) in [4.78, 5) is 11.8. The lowest BCUT2D eigenvalue weighted by Gasteiger charge is -2.27. The number of aromatic hydroxyl groups is 1. The Morgan fingerprint density at radius 1 is 1.28 bits per heavy atom. The first-order chi connectivity index (χ1) is 12.1. The lowest BCUT2D eigenvalue weighted by Crippen LogP contribution is -2.35. The highest BCUT2D eigenvalue weighted by molar-refractivity contribution is 6.33. The molecule has 0 amide bonds. The smallest absolute Gasteiger partial charge is 0.223 e. The fourth-order valence-corrected chi connectivity index (χ4v) is 3.71. The molecule has 0 aliphatic heterocycles. The van der Waals surface area contributed by atoms with Crippen molar-refractivity contribution in [1.82, 2.24) is 15.0 Å². The van der Waals surface area contributed by atoms with Crippen molar-refractivity contribution in [2.24, 2.45) is 5.73 Å². The number of nitrogens with one attached hydrogen (secondary N) is 2. The largest absolute Gasteiger partial charge is 0.494 e. The fraction of sp³-hybridized carbons (Fsp3) is 0.333. The lowest BCUT2D eigenvalue weighted by atomic mass is 9.92. The van der Waals surface area contributed by atoms with Crippen molar-refractivity contribution >= 4 is 28.5 Å². The quantitative estimate of drug-likeness (QED) is 0.573. The van der Waals surface area contributed by atoms with Crippen LogP contribution in [0.3, 0.4) is 0 Å². The molecule has 0 bridgehead atoms. The number of hydrogen-bond acceptors (Lipinski definition) is 5. The normalized spacial score (nSPS) is 20.7. The molecule has 0 spiro atoms. The van der Waals surface area contributed by atoms with Crippen LogP contribution < -0.4 is 11.1 Å². The van der Waals surface area contributed by atoms with Gasteiger partial charge in [0.2, 0.25) is 5.95 Å². The molecule has 3 aromatic rings. The predicted octanol–water partition coefficient (Wildman–Crippen LogP) is 3.67. The molecule has 1 fully saturated rings. The van der Waals surface area contributed by atoms with E-state index in [1.807, 2.05) is 24.3 Å². The molecule has 4 rings (SSSR count). The van der Waals surface area contributed by atoms with Gasteiger partial charge in [-0.1, -0.05) is 29.8 Å². The monoisotopic (exact) mass is 357 g/mol. The van der Waals surface area contributed by atoms with Gasteiger partial charge in [0.1, 0.15) is 5.69 Å². The molecule has 130 valence electrons. The second kappa shape index (κ2) is 6.54. The number of fused-ring (bicyclic) bond motifs is 1. The van der Waals surface area contributed by atoms with Crippen LogP contribution >= 0.6 is 11.6 Å². The molecule has 1 aliphatic carbocycles. The molecule has 25 heavy (non-hydrogen) atoms. The van der Waals surface area contributed by atoms with Crippen LogP contribution in [-0.4, -0.2) is 32.1 Å². The van der Waals surface area contributed by atoms with Crippen molar-refractivity contribution in [2.45, 2.75) is 37.8 Å². The van der Waals surface area contributed by atoms with Gasteiger partial charge in [-0.05, 0) is 31.7 Å². The second-order valence-corrected chi connectivity index (χ2v) is 6.96. The summed E-state index contributed by atoms with van der Waals surface area (Å²) in [5, 5.41) is 15.0. The summed E-state index contributed by atoms with van der Waals surface area (Å²) in [6.07, 6.45) is 5.68. The highest BCUT2D eigenvalue weighted by Crippen LogP contribution is 2.39. The van der Waals surface area contributed by atoms with Crippen LogP contribution in [0.5, 0.6) is 5.88 Å². The van der Waals surface area contributed by atoms with Crippen LogP contribution in [0.25, 0.3) is 22.2 Å². The summed E-state index contributed by atoms with van der Waals surface area (Å²) in [7, 11) is 0. The van der Waals surface area contributed by atoms with Crippen molar-refractivity contribution in [3.05, 3.63) is 35.5 Å². The first-order valence-corrected chi connectivity index (χ1v) is 8.84. The Bertz CT molecular complexity index is 910. The van der Waals surface area contributed by atoms with Gasteiger partial charge < -0.3 is 21.1 Å². The predicted molar refractivity (Wildman–Crippen MR) is 99.9 cm³/mol. The zero-order chi connectivity index (χ0) is 17.4. The van der Waals surface area contributed by atoms with Crippen LogP contribution in [-0.2, 0) is 0 Å². The Labute approximate surface area is 150 Å². The summed E-state index contributed by atoms with van der Waals surface area (Å²) in [6.45, 7) is 0. The summed E-state index contributed by atoms with van der Waals surface area (Å²) >= 11 is 6.33. The number of nitrogens with zero attached hydrogens (tertiary/aromatic N) is 2. The number of rotatable bonds is 3. The third-order valence-corrected chi connectivity index (χ3v) is 4.99. The number of H-pyrrole nitrogens is 1. The minimum absolute atomic E-state index is 0.0486. The van der Waals surface area contributed by atoms with Gasteiger partial charge >= 0.3 is 0 Å². The molecule has 1 saturated carbocycles. The number of aromatic nitrogens is 3. The van der Waals surface area contributed by atoms with E-state index in [1.54, 1.807) is 6.20 Å². The highest BCUT2D eigenvalue weighted by Gasteiger charge is 2.22. The van der Waals surface area contributed by atoms with E-state index in [0.29, 0.717) is 22.2 Å². The van der Waals surface area contributed by atoms with Crippen molar-refractivity contribution in [1.29, 1.82) is 0 Å². The van der Waals surface area contributed by atoms with Gasteiger partial charge in [-0.15, -0.1) is 0 Å². The zero-order valence-electron chi connectivity index (χ0n) is 13.7. The molecular formula is C18H20ClN5O. The molecule has 0 saturated heterocycles. The zero-order valence-corrected chi connectivity index (χ0v) is 14.4. The first-order valence-electron chi connectivity index (χ1n) is 8.46. The van der Waals surface area contributed by atoms with E-state index >= 15 is 0 Å². The molecule has 2 unspecified atom stereocenters. The molecule has 1 aliphatic rings. The molecule has 1 aromatic carbocycles. The Kier molecular flexibility index (Phi) is 4.23. The van der Waals surface area contributed by atoms with Crippen LogP contribution in [0.15, 0.2) is 30.5 Å². The number of aromatic amines is 1. The van der Waals surface area contributed by atoms with E-state index in [1.165, 1.54) is 0 Å². The Morgan fingerprint density at radius 2 is 2.12 bits per heavy atom. The molecule has 0 radical (unpaired) electrons. The SMILES string of the molecule is NC1CCCC(Nc2ncc(Cl)c(-c3c(O)[nH]c4ccccc34)n2)C1. The lowest BCUT2D eigenvalue weighted by molar-refractivity contribution is 0.408. The van der Waals surface area contributed by atoms with E-state index in [0.717, 1.165) is 36.6 Å². The summed E-state index contributed by atoms with van der Waals surface area (Å²) < 4.78 is 0. The molecule has 2 aromatic heterocycles. The first kappa shape index (κ1) is 16.2. The molecule has 2 atom stereocenters. The van der Waals surface area contributed by atoms with Crippen molar-refractivity contribution in [3.8, 4) is 17.1 Å². The van der Waals surface area contributed by atoms with Gasteiger partial charge in [0.15, 0.2) is 5.88 Å². The average molecular weight is 358 g/mol. The third-order valence-electron chi connectivity index (χ3n) is 4.72. The van der Waals surface area contributed by atoms with Gasteiger partial charge in [0.05, 0.1) is 16.8 Å². The van der Waals surface area contributed by atoms with Gasteiger partial charge in [-0.25, -0.2) is 9.97 Å². The number of nitrogens with two attached hydrogens (primary N) is 1. The van der Waals surface area contributed by atoms with Gasteiger partial charge in [-0.2, -0.15) is 0 Å². The topological polar surface area (TPSA) is 99.9 Å². The van der Waals surface area contributed by atoms with E-state index in [2.05, 4.69) is 20.3 Å². The van der Waals surface area contributed by atoms with E-state index in [-0.39, 0.29) is 18.0 Å². The molecule has 7 heteroatoms. The second-order valence-electron chi connectivity index (χ2n) is 6.55. The standard InChI is InChI=1S/C18H20ClN5O/c19-13-9-21-18(22-11-5-3-4-10(20)8-11)24-16(13)15-12-6-1-2-7-14(12)23-17(15)25/h1-2,6-7,9-11,23,25H,3-5,8,20H2,(H,21,22,24). The minimum Gasteiger partial charge on any atom is -0.494 e. The summed E-state index contributed by atoms with van der Waals surface area (Å²) in [5.74, 6) is 0.551. The number of halogens is 1. The summed E-state index contributed by atoms with van der Waals surface area (Å²) in [6, 6.07) is 8.12. The fourth-order valence-electron chi connectivity index (χ4n) is 3.52. The van der Waals surface area contributed by atoms with Crippen molar-refractivity contribution < 1.29 is 5.11 Å². The highest BCUT2D eigenvalue weighted by atomic mass is 35.5. The van der Waals surface area contributed by atoms with Gasteiger partial charge in [0.25, 0.3) is 0 Å². The van der Waals surface area contributed by atoms with E-state index in [9.17, 15) is 5.11 Å². The summed E-state index contributed by atoms with van der Waals surface area (Å²) in [5.41, 5.74) is 7.98. The molecule has 6 nitrogen and oxygen atoms in total. The molecular weight excluding hydrogens is 338 g/mol. The Balaban J connectivity index is 1.71. The maximum atomic E-state index is 10.3. The van der Waals surface area contributed by atoms with E-state index in [4.69, 9.17) is 17.3 Å². The van der Waals surface area contributed by atoms with Crippen molar-refractivity contribution in [2.75, 3.05) is 5.32 Å². The van der Waals surface area contributed by atoms with Crippen molar-refractivity contribution in [3.63, 3.8) is 0 Å². The minimum atomic E-state index is 0.0486. The average Bonchev–Trinajstić information content (AvgIpc) is 2.92. The van der Waals surface area contributed by atoms with E-state index < -0.39 is 0 Å². The molecule has 2 heterocycles.